The van der Waals surface area contributed by atoms with Crippen LogP contribution in [0.25, 0.3) is 0 Å². The molecule has 2 nitrogen and oxygen atoms in total. The van der Waals surface area contributed by atoms with Gasteiger partial charge in [0.05, 0.1) is 5.51 Å². The third kappa shape index (κ3) is 1.43. The first kappa shape index (κ1) is 6.01. The largest absolute Gasteiger partial charge is 0.253 e. The van der Waals surface area contributed by atoms with Crippen LogP contribution in [-0.2, 0) is 6.54 Å². The van der Waals surface area contributed by atoms with Gasteiger partial charge >= 0.3 is 0 Å². The predicted octanol–water partition coefficient (Wildman–Crippen LogP) is 1.39. The molecule has 0 unspecified atom stereocenters. The molecule has 0 amide bonds. The Morgan fingerprint density at radius 2 is 2.75 bits per heavy atom. The van der Waals surface area contributed by atoms with Crippen LogP contribution in [0.4, 0.5) is 0 Å². The predicted molar refractivity (Wildman–Crippen MR) is 34.8 cm³/mol. The van der Waals surface area contributed by atoms with Crippen molar-refractivity contribution in [2.45, 2.75) is 6.54 Å². The second-order valence-corrected chi connectivity index (χ2v) is 2.52. The highest BCUT2D eigenvalue weighted by molar-refractivity contribution is 7.09. The molecule has 0 saturated carbocycles. The van der Waals surface area contributed by atoms with Crippen molar-refractivity contribution >= 4 is 23.1 Å². The van der Waals surface area contributed by atoms with E-state index in [4.69, 9.17) is 11.8 Å². The third-order valence-electron chi connectivity index (χ3n) is 0.725. The van der Waals surface area contributed by atoms with Crippen LogP contribution in [0.5, 0.6) is 0 Å². The molecule has 0 spiro atoms. The van der Waals surface area contributed by atoms with Gasteiger partial charge in [0, 0.05) is 17.6 Å². The highest BCUT2D eigenvalue weighted by atomic mass is 35.5. The fourth-order valence-electron chi connectivity index (χ4n) is 0.395. The van der Waals surface area contributed by atoms with E-state index in [0.29, 0.717) is 6.54 Å². The molecule has 1 aromatic rings. The first-order chi connectivity index (χ1) is 3.93. The van der Waals surface area contributed by atoms with E-state index in [1.165, 1.54) is 0 Å². The minimum atomic E-state index is 0.701. The third-order valence-corrected chi connectivity index (χ3v) is 1.64. The molecular weight excluding hydrogens is 144 g/mol. The van der Waals surface area contributed by atoms with Crippen LogP contribution in [-0.4, -0.2) is 4.98 Å². The Hall–Kier alpha value is -0.120. The second kappa shape index (κ2) is 3.02. The molecule has 0 aliphatic rings. The average molecular weight is 149 g/mol. The lowest BCUT2D eigenvalue weighted by Gasteiger charge is -1.85. The van der Waals surface area contributed by atoms with Crippen LogP contribution in [0.15, 0.2) is 11.7 Å². The number of thiazole rings is 1. The molecule has 8 heavy (non-hydrogen) atoms. The number of rotatable bonds is 2. The molecule has 44 valence electrons. The molecule has 1 heterocycles. The number of hydrogen-bond donors (Lipinski definition) is 1. The number of halogens is 1. The molecule has 1 N–H and O–H groups in total. The molecule has 0 aliphatic heterocycles. The molecule has 4 heteroatoms. The van der Waals surface area contributed by atoms with Gasteiger partial charge < -0.3 is 0 Å². The van der Waals surface area contributed by atoms with E-state index in [2.05, 4.69) is 9.82 Å². The Balaban J connectivity index is 2.50. The Morgan fingerprint density at radius 3 is 3.25 bits per heavy atom. The van der Waals surface area contributed by atoms with Gasteiger partial charge in [0.15, 0.2) is 0 Å². The maximum Gasteiger partial charge on any atom is 0.0794 e. The van der Waals surface area contributed by atoms with Crippen molar-refractivity contribution in [1.29, 1.82) is 0 Å². The number of nitrogens with one attached hydrogen (secondary N) is 1. The maximum atomic E-state index is 5.22. The van der Waals surface area contributed by atoms with E-state index >= 15 is 0 Å². The molecule has 0 bridgehead atoms. The van der Waals surface area contributed by atoms with Crippen LogP contribution in [0, 0.1) is 0 Å². The lowest BCUT2D eigenvalue weighted by Crippen LogP contribution is -1.94. The molecule has 0 fully saturated rings. The van der Waals surface area contributed by atoms with Crippen LogP contribution in [0.1, 0.15) is 4.88 Å². The Morgan fingerprint density at radius 1 is 1.88 bits per heavy atom. The smallest absolute Gasteiger partial charge is 0.0794 e. The van der Waals surface area contributed by atoms with E-state index in [0.717, 1.165) is 4.88 Å². The van der Waals surface area contributed by atoms with Crippen molar-refractivity contribution in [2.75, 3.05) is 0 Å². The van der Waals surface area contributed by atoms with Gasteiger partial charge in [-0.25, -0.2) is 4.84 Å². The van der Waals surface area contributed by atoms with E-state index in [-0.39, 0.29) is 0 Å². The quantitative estimate of drug-likeness (QED) is 0.642. The summed E-state index contributed by atoms with van der Waals surface area (Å²) in [5.41, 5.74) is 1.78. The number of nitrogens with zero attached hydrogens (tertiary/aromatic N) is 1. The normalized spacial score (nSPS) is 9.62. The zero-order chi connectivity index (χ0) is 5.82. The van der Waals surface area contributed by atoms with Crippen molar-refractivity contribution in [3.8, 4) is 0 Å². The van der Waals surface area contributed by atoms with Crippen LogP contribution >= 0.6 is 23.1 Å². The molecule has 1 aromatic heterocycles. The summed E-state index contributed by atoms with van der Waals surface area (Å²) in [5, 5.41) is 0. The van der Waals surface area contributed by atoms with Gasteiger partial charge in [-0.3, -0.25) is 4.98 Å². The molecule has 1 rings (SSSR count). The van der Waals surface area contributed by atoms with E-state index in [9.17, 15) is 0 Å². The van der Waals surface area contributed by atoms with E-state index in [1.807, 2.05) is 0 Å². The van der Waals surface area contributed by atoms with Crippen LogP contribution in [0.2, 0.25) is 0 Å². The van der Waals surface area contributed by atoms with Crippen molar-refractivity contribution in [3.05, 3.63) is 16.6 Å². The van der Waals surface area contributed by atoms with Gasteiger partial charge in [0.25, 0.3) is 0 Å². The van der Waals surface area contributed by atoms with Crippen molar-refractivity contribution in [2.24, 2.45) is 0 Å². The number of aromatic nitrogens is 1. The van der Waals surface area contributed by atoms with E-state index < -0.39 is 0 Å². The fraction of sp³-hybridized carbons (Fsp3) is 0.250. The van der Waals surface area contributed by atoms with Gasteiger partial charge in [0.1, 0.15) is 0 Å². The Bertz CT molecular complexity index is 140. The second-order valence-electron chi connectivity index (χ2n) is 1.28. The minimum Gasteiger partial charge on any atom is -0.253 e. The summed E-state index contributed by atoms with van der Waals surface area (Å²) in [6, 6.07) is 0. The molecule has 0 saturated heterocycles. The average Bonchev–Trinajstić information content (AvgIpc) is 2.19. The topological polar surface area (TPSA) is 24.9 Å². The van der Waals surface area contributed by atoms with Crippen LogP contribution in [0.3, 0.4) is 0 Å². The summed E-state index contributed by atoms with van der Waals surface area (Å²) in [5.74, 6) is 0. The summed E-state index contributed by atoms with van der Waals surface area (Å²) in [6.07, 6.45) is 1.79. The summed E-state index contributed by atoms with van der Waals surface area (Å²) < 4.78 is 0. The molecule has 0 radical (unpaired) electrons. The molecule has 0 aromatic carbocycles. The summed E-state index contributed by atoms with van der Waals surface area (Å²) in [4.78, 5) is 7.53. The first-order valence-electron chi connectivity index (χ1n) is 2.14. The summed E-state index contributed by atoms with van der Waals surface area (Å²) in [7, 11) is 0. The minimum absolute atomic E-state index is 0.701. The Labute approximate surface area is 56.6 Å². The van der Waals surface area contributed by atoms with Gasteiger partial charge in [0.2, 0.25) is 0 Å². The van der Waals surface area contributed by atoms with E-state index in [1.54, 1.807) is 23.0 Å². The molecular formula is C4H5ClN2S. The van der Waals surface area contributed by atoms with Crippen molar-refractivity contribution in [1.82, 2.24) is 9.82 Å². The standard InChI is InChI=1S/C4H5ClN2S/c5-7-2-4-1-6-3-8-4/h1,3,7H,2H2. The van der Waals surface area contributed by atoms with Gasteiger partial charge in [-0.15, -0.1) is 11.3 Å². The first-order valence-corrected chi connectivity index (χ1v) is 3.40. The monoisotopic (exact) mass is 148 g/mol. The number of hydrogen-bond acceptors (Lipinski definition) is 3. The zero-order valence-corrected chi connectivity index (χ0v) is 5.67. The SMILES string of the molecule is ClNCc1cncs1. The highest BCUT2D eigenvalue weighted by Gasteiger charge is 1.88. The zero-order valence-electron chi connectivity index (χ0n) is 4.10. The van der Waals surface area contributed by atoms with Gasteiger partial charge in [-0.2, -0.15) is 0 Å². The summed E-state index contributed by atoms with van der Waals surface area (Å²) >= 11 is 6.81. The fourth-order valence-corrected chi connectivity index (χ4v) is 1.15. The summed E-state index contributed by atoms with van der Waals surface area (Å²) in [6.45, 7) is 0.701. The lowest BCUT2D eigenvalue weighted by molar-refractivity contribution is 0.982. The van der Waals surface area contributed by atoms with Crippen molar-refractivity contribution < 1.29 is 0 Å². The van der Waals surface area contributed by atoms with Gasteiger partial charge in [-0.05, 0) is 11.8 Å². The lowest BCUT2D eigenvalue weighted by atomic mass is 10.6. The van der Waals surface area contributed by atoms with Crippen molar-refractivity contribution in [3.63, 3.8) is 0 Å². The van der Waals surface area contributed by atoms with Crippen LogP contribution < -0.4 is 4.84 Å². The van der Waals surface area contributed by atoms with Gasteiger partial charge in [-0.1, -0.05) is 0 Å². The highest BCUT2D eigenvalue weighted by Crippen LogP contribution is 2.03. The maximum absolute atomic E-state index is 5.22. The Kier molecular flexibility index (Phi) is 2.27. The molecule has 0 atom stereocenters. The molecule has 0 aliphatic carbocycles.